The molecule has 2 aromatic rings. The van der Waals surface area contributed by atoms with Crippen LogP contribution in [0.25, 0.3) is 0 Å². The van der Waals surface area contributed by atoms with Gasteiger partial charge in [0.15, 0.2) is 0 Å². The molecule has 0 aromatic heterocycles. The number of alkyl halides is 6. The van der Waals surface area contributed by atoms with E-state index in [2.05, 4.69) is 0 Å². The van der Waals surface area contributed by atoms with Crippen molar-refractivity contribution in [3.63, 3.8) is 0 Å². The Morgan fingerprint density at radius 1 is 0.714 bits per heavy atom. The van der Waals surface area contributed by atoms with Gasteiger partial charge in [-0.25, -0.2) is 0 Å². The average Bonchev–Trinajstić information content (AvgIpc) is 2.62. The summed E-state index contributed by atoms with van der Waals surface area (Å²) in [6.45, 7) is 3.43. The highest BCUT2D eigenvalue weighted by Crippen LogP contribution is 2.57. The van der Waals surface area contributed by atoms with Gasteiger partial charge < -0.3 is 0 Å². The highest BCUT2D eigenvalue weighted by molar-refractivity contribution is 8.01. The highest BCUT2D eigenvalue weighted by Gasteiger charge is 2.50. The third kappa shape index (κ3) is 3.56. The Kier molecular flexibility index (Phi) is 5.34. The number of hydrogen-bond acceptors (Lipinski definition) is 1. The molecule has 150 valence electrons. The maximum Gasteiger partial charge on any atom is 0.416 e. The van der Waals surface area contributed by atoms with Crippen LogP contribution in [0.1, 0.15) is 36.1 Å². The molecule has 0 saturated heterocycles. The minimum absolute atomic E-state index is 0.145. The van der Waals surface area contributed by atoms with E-state index in [0.29, 0.717) is 0 Å². The molecule has 1 heterocycles. The third-order valence-corrected chi connectivity index (χ3v) is 6.66. The summed E-state index contributed by atoms with van der Waals surface area (Å²) in [5, 5.41) is -0.251. The highest BCUT2D eigenvalue weighted by atomic mass is 32.2. The van der Waals surface area contributed by atoms with Gasteiger partial charge in [-0.15, -0.1) is 11.8 Å². The lowest BCUT2D eigenvalue weighted by Crippen LogP contribution is -2.38. The van der Waals surface area contributed by atoms with Crippen molar-refractivity contribution in [2.24, 2.45) is 5.92 Å². The van der Waals surface area contributed by atoms with Crippen molar-refractivity contribution < 1.29 is 26.3 Å². The van der Waals surface area contributed by atoms with Gasteiger partial charge in [0, 0.05) is 5.25 Å². The first-order valence-electron chi connectivity index (χ1n) is 8.67. The van der Waals surface area contributed by atoms with Crippen molar-refractivity contribution in [3.05, 3.63) is 82.9 Å². The normalized spacial score (nSPS) is 22.3. The van der Waals surface area contributed by atoms with Crippen molar-refractivity contribution in [3.8, 4) is 0 Å². The van der Waals surface area contributed by atoms with Crippen LogP contribution in [0.3, 0.4) is 0 Å². The molecule has 2 atom stereocenters. The van der Waals surface area contributed by atoms with E-state index in [1.54, 1.807) is 19.9 Å². The zero-order valence-electron chi connectivity index (χ0n) is 15.1. The molecule has 1 aliphatic rings. The van der Waals surface area contributed by atoms with Crippen LogP contribution in [0, 0.1) is 5.92 Å². The fourth-order valence-electron chi connectivity index (χ4n) is 3.77. The molecule has 0 radical (unpaired) electrons. The van der Waals surface area contributed by atoms with Crippen LogP contribution in [0.2, 0.25) is 0 Å². The van der Waals surface area contributed by atoms with Gasteiger partial charge in [0.1, 0.15) is 0 Å². The molecule has 0 bridgehead atoms. The van der Waals surface area contributed by atoms with E-state index in [9.17, 15) is 26.3 Å². The lowest BCUT2D eigenvalue weighted by molar-refractivity contribution is -0.138. The number of benzene rings is 2. The summed E-state index contributed by atoms with van der Waals surface area (Å²) in [7, 11) is 0. The molecule has 0 spiro atoms. The number of allylic oxidation sites excluding steroid dienone is 1. The standard InChI is InChI=1S/C21H18F6S/c1-13-11-12-14(2)28-19(13,15-7-3-5-9-17(15)20(22,23)24)16-8-4-6-10-18(16)21(25,26)27/h3-14H,1-2H3/t13-,14+/m1/s1. The molecule has 0 amide bonds. The summed E-state index contributed by atoms with van der Waals surface area (Å²) in [5.74, 6) is -0.583. The van der Waals surface area contributed by atoms with Gasteiger partial charge in [0.05, 0.1) is 15.9 Å². The lowest BCUT2D eigenvalue weighted by atomic mass is 9.76. The zero-order chi connectivity index (χ0) is 20.7. The van der Waals surface area contributed by atoms with Crippen LogP contribution in [0.5, 0.6) is 0 Å². The molecule has 3 rings (SSSR count). The molecule has 0 nitrogen and oxygen atoms in total. The molecule has 7 heteroatoms. The number of hydrogen-bond donors (Lipinski definition) is 0. The third-order valence-electron chi connectivity index (χ3n) is 4.95. The molecule has 0 N–H and O–H groups in total. The Labute approximate surface area is 163 Å². The molecule has 0 aliphatic carbocycles. The van der Waals surface area contributed by atoms with Gasteiger partial charge in [-0.1, -0.05) is 55.5 Å². The fraction of sp³-hybridized carbons (Fsp3) is 0.333. The molecular formula is C21H18F6S. The van der Waals surface area contributed by atoms with E-state index >= 15 is 0 Å². The number of rotatable bonds is 2. The first-order valence-corrected chi connectivity index (χ1v) is 9.55. The predicted molar refractivity (Wildman–Crippen MR) is 99.0 cm³/mol. The van der Waals surface area contributed by atoms with E-state index in [0.717, 1.165) is 23.9 Å². The Balaban J connectivity index is 2.41. The second kappa shape index (κ2) is 7.17. The Morgan fingerprint density at radius 2 is 1.14 bits per heavy atom. The van der Waals surface area contributed by atoms with Crippen molar-refractivity contribution in [1.82, 2.24) is 0 Å². The van der Waals surface area contributed by atoms with E-state index < -0.39 is 34.1 Å². The molecule has 2 aromatic carbocycles. The summed E-state index contributed by atoms with van der Waals surface area (Å²) in [6.07, 6.45) is -5.83. The summed E-state index contributed by atoms with van der Waals surface area (Å²) >= 11 is 1.12. The van der Waals surface area contributed by atoms with Gasteiger partial charge in [-0.3, -0.25) is 0 Å². The van der Waals surface area contributed by atoms with E-state index in [1.807, 2.05) is 6.08 Å². The Bertz CT molecular complexity index is 823. The van der Waals surface area contributed by atoms with Crippen molar-refractivity contribution in [2.75, 3.05) is 0 Å². The number of halogens is 6. The molecule has 0 saturated carbocycles. The second-order valence-electron chi connectivity index (χ2n) is 6.82. The summed E-state index contributed by atoms with van der Waals surface area (Å²) in [5.41, 5.74) is -2.11. The zero-order valence-corrected chi connectivity index (χ0v) is 15.9. The SMILES string of the molecule is C[C@@H]1C=C[C@H](C)SC1(c1ccccc1C(F)(F)F)c1ccccc1C(F)(F)F. The lowest BCUT2D eigenvalue weighted by Gasteiger charge is -2.44. The number of thioether (sulfide) groups is 1. The summed E-state index contributed by atoms with van der Waals surface area (Å²) in [6, 6.07) is 9.86. The topological polar surface area (TPSA) is 0 Å². The minimum atomic E-state index is -4.68. The van der Waals surface area contributed by atoms with E-state index in [1.165, 1.54) is 36.4 Å². The second-order valence-corrected chi connectivity index (χ2v) is 8.44. The first-order chi connectivity index (χ1) is 13.0. The molecule has 28 heavy (non-hydrogen) atoms. The molecule has 0 fully saturated rings. The van der Waals surface area contributed by atoms with Crippen LogP contribution < -0.4 is 0 Å². The van der Waals surface area contributed by atoms with Gasteiger partial charge in [-0.05, 0) is 36.1 Å². The van der Waals surface area contributed by atoms with Crippen LogP contribution in [-0.2, 0) is 17.1 Å². The van der Waals surface area contributed by atoms with Crippen LogP contribution >= 0.6 is 11.8 Å². The van der Waals surface area contributed by atoms with Gasteiger partial charge >= 0.3 is 12.4 Å². The van der Waals surface area contributed by atoms with E-state index in [4.69, 9.17) is 0 Å². The van der Waals surface area contributed by atoms with Gasteiger partial charge in [-0.2, -0.15) is 26.3 Å². The van der Waals surface area contributed by atoms with E-state index in [-0.39, 0.29) is 16.4 Å². The maximum absolute atomic E-state index is 13.8. The largest absolute Gasteiger partial charge is 0.416 e. The van der Waals surface area contributed by atoms with Gasteiger partial charge in [0.2, 0.25) is 0 Å². The smallest absolute Gasteiger partial charge is 0.166 e. The maximum atomic E-state index is 13.8. The van der Waals surface area contributed by atoms with Crippen molar-refractivity contribution >= 4 is 11.8 Å². The average molecular weight is 416 g/mol. The predicted octanol–water partition coefficient (Wildman–Crippen LogP) is 7.30. The minimum Gasteiger partial charge on any atom is -0.166 e. The van der Waals surface area contributed by atoms with Gasteiger partial charge in [0.25, 0.3) is 0 Å². The van der Waals surface area contributed by atoms with Crippen LogP contribution in [-0.4, -0.2) is 5.25 Å². The summed E-state index contributed by atoms with van der Waals surface area (Å²) in [4.78, 5) is 0. The first kappa shape index (κ1) is 20.8. The monoisotopic (exact) mass is 416 g/mol. The Hall–Kier alpha value is -1.89. The fourth-order valence-corrected chi connectivity index (χ4v) is 5.43. The van der Waals surface area contributed by atoms with Crippen LogP contribution in [0.4, 0.5) is 26.3 Å². The quantitative estimate of drug-likeness (QED) is 0.366. The summed E-state index contributed by atoms with van der Waals surface area (Å²) < 4.78 is 81.3. The van der Waals surface area contributed by atoms with Crippen molar-refractivity contribution in [2.45, 2.75) is 36.2 Å². The molecule has 1 aliphatic heterocycles. The molecule has 0 unspecified atom stereocenters. The molecular weight excluding hydrogens is 398 g/mol. The Morgan fingerprint density at radius 3 is 1.57 bits per heavy atom. The van der Waals surface area contributed by atoms with Crippen LogP contribution in [0.15, 0.2) is 60.7 Å². The van der Waals surface area contributed by atoms with Crippen molar-refractivity contribution in [1.29, 1.82) is 0 Å².